The molecule has 3 aromatic rings. The molecule has 1 atom stereocenters. The van der Waals surface area contributed by atoms with Crippen molar-refractivity contribution in [2.24, 2.45) is 0 Å². The monoisotopic (exact) mass is 430 g/mol. The Balaban J connectivity index is 1.50. The van der Waals surface area contributed by atoms with E-state index in [1.54, 1.807) is 6.07 Å². The Labute approximate surface area is 177 Å². The van der Waals surface area contributed by atoms with Gasteiger partial charge in [0.05, 0.1) is 13.1 Å². The first-order valence-corrected chi connectivity index (χ1v) is 9.90. The van der Waals surface area contributed by atoms with E-state index in [0.717, 1.165) is 10.9 Å². The molecule has 30 heavy (non-hydrogen) atoms. The number of rotatable bonds is 8. The molecule has 1 fully saturated rings. The summed E-state index contributed by atoms with van der Waals surface area (Å²) in [7, 11) is 0. The van der Waals surface area contributed by atoms with E-state index < -0.39 is 18.9 Å². The molecule has 1 saturated heterocycles. The Bertz CT molecular complexity index is 1040. The minimum Gasteiger partial charge on any atom is -0.487 e. The highest BCUT2D eigenvalue weighted by Gasteiger charge is 2.31. The molecule has 4 rings (SSSR count). The number of halogens is 2. The number of ether oxygens (including phenoxy) is 2. The summed E-state index contributed by atoms with van der Waals surface area (Å²) in [6.07, 6.45) is -1.01. The van der Waals surface area contributed by atoms with E-state index in [0.29, 0.717) is 23.6 Å². The van der Waals surface area contributed by atoms with Crippen LogP contribution >= 0.6 is 11.6 Å². The summed E-state index contributed by atoms with van der Waals surface area (Å²) in [5.41, 5.74) is 1.66. The lowest BCUT2D eigenvalue weighted by atomic mass is 10.2. The lowest BCUT2D eigenvalue weighted by Gasteiger charge is -2.14. The van der Waals surface area contributed by atoms with E-state index in [4.69, 9.17) is 21.1 Å². The maximum Gasteiger partial charge on any atom is 0.410 e. The number of carbonyl (C=O) groups is 1. The van der Waals surface area contributed by atoms with Gasteiger partial charge in [-0.05, 0) is 29.3 Å². The van der Waals surface area contributed by atoms with Gasteiger partial charge in [0.1, 0.15) is 30.4 Å². The second kappa shape index (κ2) is 9.13. The summed E-state index contributed by atoms with van der Waals surface area (Å²) in [5.74, 6) is 1.10. The van der Waals surface area contributed by atoms with Crippen LogP contribution < -0.4 is 10.1 Å². The van der Waals surface area contributed by atoms with Gasteiger partial charge in [0.15, 0.2) is 6.10 Å². The summed E-state index contributed by atoms with van der Waals surface area (Å²) in [6, 6.07) is 15.4. The van der Waals surface area contributed by atoms with Gasteiger partial charge in [-0.15, -0.1) is 0 Å². The van der Waals surface area contributed by atoms with E-state index in [2.05, 4.69) is 15.3 Å². The molecular weight excluding hydrogens is 411 g/mol. The number of nitrogens with zero attached hydrogens (tertiary/aromatic N) is 3. The number of para-hydroxylation sites is 1. The van der Waals surface area contributed by atoms with Crippen molar-refractivity contribution in [2.45, 2.75) is 12.6 Å². The van der Waals surface area contributed by atoms with Crippen LogP contribution in [-0.4, -0.2) is 53.4 Å². The predicted octanol–water partition coefficient (Wildman–Crippen LogP) is 4.06. The second-order valence-electron chi connectivity index (χ2n) is 6.78. The number of alkyl halides is 1. The summed E-state index contributed by atoms with van der Waals surface area (Å²) in [5, 5.41) is 4.14. The van der Waals surface area contributed by atoms with E-state index >= 15 is 0 Å². The molecule has 0 aliphatic carbocycles. The maximum atomic E-state index is 12.5. The van der Waals surface area contributed by atoms with Gasteiger partial charge >= 0.3 is 6.09 Å². The zero-order valence-corrected chi connectivity index (χ0v) is 16.8. The third kappa shape index (κ3) is 4.54. The van der Waals surface area contributed by atoms with Crippen LogP contribution in [0.5, 0.6) is 5.75 Å². The number of nitrogens with one attached hydrogen (secondary N) is 1. The topological polar surface area (TPSA) is 76.6 Å². The average molecular weight is 431 g/mol. The first-order chi connectivity index (χ1) is 14.6. The lowest BCUT2D eigenvalue weighted by molar-refractivity contribution is 0.103. The molecule has 1 aromatic heterocycles. The molecule has 0 bridgehead atoms. The van der Waals surface area contributed by atoms with Crippen molar-refractivity contribution in [1.29, 1.82) is 0 Å². The van der Waals surface area contributed by atoms with Crippen LogP contribution in [0.4, 0.5) is 15.0 Å². The highest BCUT2D eigenvalue weighted by molar-refractivity contribution is 6.29. The molecule has 0 radical (unpaired) electrons. The van der Waals surface area contributed by atoms with Crippen molar-refractivity contribution in [3.8, 4) is 5.75 Å². The van der Waals surface area contributed by atoms with Crippen LogP contribution in [0.15, 0.2) is 48.5 Å². The zero-order valence-electron chi connectivity index (χ0n) is 16.1. The Morgan fingerprint density at radius 1 is 1.20 bits per heavy atom. The number of carbonyl (C=O) groups excluding carboxylic acids is 1. The molecule has 2 heterocycles. The summed E-state index contributed by atoms with van der Waals surface area (Å²) in [6.45, 7) is 0.398. The number of hydrogen-bond donors (Lipinski definition) is 1. The van der Waals surface area contributed by atoms with E-state index in [1.165, 1.54) is 4.90 Å². The molecule has 1 aliphatic heterocycles. The van der Waals surface area contributed by atoms with Crippen LogP contribution in [0.25, 0.3) is 10.9 Å². The summed E-state index contributed by atoms with van der Waals surface area (Å²) >= 11 is 6.15. The largest absolute Gasteiger partial charge is 0.487 e. The Morgan fingerprint density at radius 2 is 2.03 bits per heavy atom. The van der Waals surface area contributed by atoms with Gasteiger partial charge in [-0.2, -0.15) is 0 Å². The SMILES string of the molecule is O=C1OC(COc2cccc3c(NCc4ccccc4)nc(Cl)nc23)CN1CCF. The van der Waals surface area contributed by atoms with Crippen molar-refractivity contribution in [1.82, 2.24) is 14.9 Å². The Hall–Kier alpha value is -3.13. The molecule has 7 nitrogen and oxygen atoms in total. The molecule has 1 N–H and O–H groups in total. The standard InChI is InChI=1S/C21H20ClFN4O3/c22-20-25-18-16(19(26-20)24-11-14-5-2-1-3-6-14)7-4-8-17(18)29-13-15-12-27(10-9-23)21(28)30-15/h1-8,15H,9-13H2,(H,24,25,26). The van der Waals surface area contributed by atoms with Crippen molar-refractivity contribution < 1.29 is 18.7 Å². The summed E-state index contributed by atoms with van der Waals surface area (Å²) in [4.78, 5) is 21.7. The molecule has 0 saturated carbocycles. The van der Waals surface area contributed by atoms with Crippen LogP contribution in [0.2, 0.25) is 5.28 Å². The third-order valence-corrected chi connectivity index (χ3v) is 4.86. The fourth-order valence-corrected chi connectivity index (χ4v) is 3.43. The van der Waals surface area contributed by atoms with Crippen molar-refractivity contribution in [3.05, 3.63) is 59.4 Å². The van der Waals surface area contributed by atoms with Crippen LogP contribution in [0.3, 0.4) is 0 Å². The smallest absolute Gasteiger partial charge is 0.410 e. The number of hydrogen-bond acceptors (Lipinski definition) is 6. The van der Waals surface area contributed by atoms with E-state index in [9.17, 15) is 9.18 Å². The molecule has 2 aromatic carbocycles. The van der Waals surface area contributed by atoms with Gasteiger partial charge in [0, 0.05) is 11.9 Å². The van der Waals surface area contributed by atoms with E-state index in [1.807, 2.05) is 42.5 Å². The maximum absolute atomic E-state index is 12.5. The zero-order chi connectivity index (χ0) is 20.9. The fraction of sp³-hybridized carbons (Fsp3) is 0.286. The van der Waals surface area contributed by atoms with Gasteiger partial charge in [-0.1, -0.05) is 36.4 Å². The Morgan fingerprint density at radius 3 is 2.83 bits per heavy atom. The van der Waals surface area contributed by atoms with Crippen molar-refractivity contribution in [2.75, 3.05) is 31.7 Å². The molecule has 9 heteroatoms. The van der Waals surface area contributed by atoms with Crippen LogP contribution in [-0.2, 0) is 11.3 Å². The third-order valence-electron chi connectivity index (χ3n) is 4.69. The average Bonchev–Trinajstić information content (AvgIpc) is 3.11. The summed E-state index contributed by atoms with van der Waals surface area (Å²) < 4.78 is 23.6. The molecule has 0 spiro atoms. The number of benzene rings is 2. The minimum atomic E-state index is -0.611. The number of cyclic esters (lactones) is 1. The normalized spacial score (nSPS) is 16.0. The second-order valence-corrected chi connectivity index (χ2v) is 7.12. The highest BCUT2D eigenvalue weighted by atomic mass is 35.5. The van der Waals surface area contributed by atoms with Gasteiger partial charge in [-0.3, -0.25) is 0 Å². The minimum absolute atomic E-state index is 0.0167. The van der Waals surface area contributed by atoms with E-state index in [-0.39, 0.29) is 25.0 Å². The molecule has 1 unspecified atom stereocenters. The van der Waals surface area contributed by atoms with Gasteiger partial charge in [0.25, 0.3) is 0 Å². The van der Waals surface area contributed by atoms with Crippen LogP contribution in [0, 0.1) is 0 Å². The van der Waals surface area contributed by atoms with Gasteiger partial charge in [0.2, 0.25) is 5.28 Å². The van der Waals surface area contributed by atoms with Gasteiger partial charge < -0.3 is 19.7 Å². The molecule has 1 amide bonds. The number of amides is 1. The fourth-order valence-electron chi connectivity index (χ4n) is 3.26. The van der Waals surface area contributed by atoms with Crippen LogP contribution in [0.1, 0.15) is 5.56 Å². The molecule has 156 valence electrons. The van der Waals surface area contributed by atoms with Crippen molar-refractivity contribution >= 4 is 34.4 Å². The number of anilines is 1. The van der Waals surface area contributed by atoms with Crippen molar-refractivity contribution in [3.63, 3.8) is 0 Å². The highest BCUT2D eigenvalue weighted by Crippen LogP contribution is 2.30. The first kappa shape index (κ1) is 20.2. The first-order valence-electron chi connectivity index (χ1n) is 9.52. The number of aromatic nitrogens is 2. The van der Waals surface area contributed by atoms with Gasteiger partial charge in [-0.25, -0.2) is 19.2 Å². The molecule has 1 aliphatic rings. The lowest BCUT2D eigenvalue weighted by Crippen LogP contribution is -2.28. The predicted molar refractivity (Wildman–Crippen MR) is 112 cm³/mol. The quantitative estimate of drug-likeness (QED) is 0.543. The Kier molecular flexibility index (Phi) is 6.13. The number of fused-ring (bicyclic) bond motifs is 1. The molecular formula is C21H20ClFN4O3.